The van der Waals surface area contributed by atoms with Gasteiger partial charge < -0.3 is 5.11 Å². The molecule has 1 aromatic carbocycles. The van der Waals surface area contributed by atoms with Gasteiger partial charge in [-0.25, -0.2) is 8.42 Å². The maximum Gasteiger partial charge on any atom is 0.242 e. The van der Waals surface area contributed by atoms with E-state index in [1.54, 1.807) is 26.0 Å². The Morgan fingerprint density at radius 2 is 1.89 bits per heavy atom. The smallest absolute Gasteiger partial charge is 0.242 e. The number of nitrogens with zero attached hydrogens (tertiary/aromatic N) is 1. The lowest BCUT2D eigenvalue weighted by molar-refractivity contribution is 0.0640. The van der Waals surface area contributed by atoms with E-state index in [0.29, 0.717) is 4.90 Å². The maximum absolute atomic E-state index is 12.4. The third-order valence-corrected chi connectivity index (χ3v) is 5.19. The van der Waals surface area contributed by atoms with Crippen molar-refractivity contribution >= 4 is 10.0 Å². The minimum absolute atomic E-state index is 0.0758. The molecule has 0 bridgehead atoms. The Morgan fingerprint density at radius 1 is 1.26 bits per heavy atom. The summed E-state index contributed by atoms with van der Waals surface area (Å²) in [6, 6.07) is 5.35. The fourth-order valence-corrected chi connectivity index (χ4v) is 3.90. The Kier molecular flexibility index (Phi) is 3.73. The molecule has 0 fully saturated rings. The highest BCUT2D eigenvalue weighted by molar-refractivity contribution is 7.89. The number of hydrogen-bond donors (Lipinski definition) is 1. The van der Waals surface area contributed by atoms with Crippen molar-refractivity contribution in [3.63, 3.8) is 0 Å². The number of sulfonamides is 1. The number of aryl methyl sites for hydroxylation is 2. The topological polar surface area (TPSA) is 57.6 Å². The third kappa shape index (κ3) is 3.16. The summed E-state index contributed by atoms with van der Waals surface area (Å²) in [5.74, 6) is 0. The molecule has 0 heterocycles. The molecule has 0 spiro atoms. The van der Waals surface area contributed by atoms with Crippen LogP contribution in [0.3, 0.4) is 0 Å². The summed E-state index contributed by atoms with van der Waals surface area (Å²) in [5.41, 5.74) is 1.35. The monoisotopic (exact) mass is 283 g/mol. The molecule has 5 heteroatoms. The Balaban J connectivity index is 2.29. The molecule has 1 N–H and O–H groups in total. The normalized spacial score (nSPS) is 15.8. The number of likely N-dealkylation sites (N-methyl/N-ethyl adjacent to an activating group) is 1. The first-order valence-corrected chi connectivity index (χ1v) is 7.95. The van der Waals surface area contributed by atoms with Crippen LogP contribution in [0.15, 0.2) is 23.1 Å². The van der Waals surface area contributed by atoms with Crippen LogP contribution in [-0.2, 0) is 22.9 Å². The highest BCUT2D eigenvalue weighted by Crippen LogP contribution is 2.26. The second kappa shape index (κ2) is 4.89. The standard InChI is InChI=1S/C14H21NO3S/c1-14(2,16)10-15(3)19(17,18)13-8-7-11-5-4-6-12(11)9-13/h7-9,16H,4-6,10H2,1-3H3. The number of hydrogen-bond acceptors (Lipinski definition) is 3. The summed E-state index contributed by atoms with van der Waals surface area (Å²) in [4.78, 5) is 0.319. The molecule has 2 rings (SSSR count). The SMILES string of the molecule is CN(CC(C)(C)O)S(=O)(=O)c1ccc2c(c1)CCC2. The van der Waals surface area contributed by atoms with Crippen LogP contribution in [0.4, 0.5) is 0 Å². The van der Waals surface area contributed by atoms with Crippen LogP contribution < -0.4 is 0 Å². The zero-order valence-electron chi connectivity index (χ0n) is 11.7. The molecule has 0 amide bonds. The van der Waals surface area contributed by atoms with Crippen molar-refractivity contribution < 1.29 is 13.5 Å². The second-order valence-electron chi connectivity index (χ2n) is 5.86. The molecule has 0 aliphatic heterocycles. The minimum atomic E-state index is -3.52. The van der Waals surface area contributed by atoms with Gasteiger partial charge in [0.05, 0.1) is 10.5 Å². The van der Waals surface area contributed by atoms with E-state index in [4.69, 9.17) is 0 Å². The molecule has 1 aliphatic rings. The number of benzene rings is 1. The van der Waals surface area contributed by atoms with Crippen molar-refractivity contribution in [2.24, 2.45) is 0 Å². The van der Waals surface area contributed by atoms with E-state index in [9.17, 15) is 13.5 Å². The Hall–Kier alpha value is -0.910. The van der Waals surface area contributed by atoms with E-state index in [0.717, 1.165) is 24.8 Å². The Bertz CT molecular complexity index is 573. The quantitative estimate of drug-likeness (QED) is 0.912. The summed E-state index contributed by atoms with van der Waals surface area (Å²) in [6.07, 6.45) is 3.08. The van der Waals surface area contributed by atoms with Gasteiger partial charge in [0, 0.05) is 13.6 Å². The van der Waals surface area contributed by atoms with Crippen LogP contribution in [0.5, 0.6) is 0 Å². The number of rotatable bonds is 4. The van der Waals surface area contributed by atoms with Gasteiger partial charge in [-0.3, -0.25) is 0 Å². The largest absolute Gasteiger partial charge is 0.389 e. The molecule has 1 aliphatic carbocycles. The second-order valence-corrected chi connectivity index (χ2v) is 7.90. The Morgan fingerprint density at radius 3 is 2.53 bits per heavy atom. The molecular weight excluding hydrogens is 262 g/mol. The lowest BCUT2D eigenvalue weighted by atomic mass is 10.1. The van der Waals surface area contributed by atoms with Crippen molar-refractivity contribution in [1.29, 1.82) is 0 Å². The predicted octanol–water partition coefficient (Wildman–Crippen LogP) is 1.57. The summed E-state index contributed by atoms with van der Waals surface area (Å²) in [6.45, 7) is 3.27. The first-order valence-electron chi connectivity index (χ1n) is 6.51. The van der Waals surface area contributed by atoms with Gasteiger partial charge in [-0.05, 0) is 56.4 Å². The van der Waals surface area contributed by atoms with E-state index < -0.39 is 15.6 Å². The predicted molar refractivity (Wildman–Crippen MR) is 74.6 cm³/mol. The average Bonchev–Trinajstić information content (AvgIpc) is 2.73. The fourth-order valence-electron chi connectivity index (χ4n) is 2.52. The van der Waals surface area contributed by atoms with Crippen LogP contribution >= 0.6 is 0 Å². The van der Waals surface area contributed by atoms with Crippen LogP contribution in [0, 0.1) is 0 Å². The van der Waals surface area contributed by atoms with E-state index >= 15 is 0 Å². The summed E-state index contributed by atoms with van der Waals surface area (Å²) in [7, 11) is -2.02. The summed E-state index contributed by atoms with van der Waals surface area (Å²) >= 11 is 0. The van der Waals surface area contributed by atoms with Gasteiger partial charge in [0.2, 0.25) is 10.0 Å². The van der Waals surface area contributed by atoms with Crippen molar-refractivity contribution in [2.45, 2.75) is 43.6 Å². The lowest BCUT2D eigenvalue weighted by Crippen LogP contribution is -2.39. The molecule has 0 atom stereocenters. The van der Waals surface area contributed by atoms with Crippen LogP contribution in [-0.4, -0.2) is 37.0 Å². The lowest BCUT2D eigenvalue weighted by Gasteiger charge is -2.25. The van der Waals surface area contributed by atoms with Gasteiger partial charge in [0.1, 0.15) is 0 Å². The van der Waals surface area contributed by atoms with E-state index in [2.05, 4.69) is 0 Å². The van der Waals surface area contributed by atoms with Gasteiger partial charge >= 0.3 is 0 Å². The average molecular weight is 283 g/mol. The molecule has 0 aromatic heterocycles. The van der Waals surface area contributed by atoms with E-state index in [1.165, 1.54) is 16.9 Å². The molecule has 0 saturated carbocycles. The highest BCUT2D eigenvalue weighted by Gasteiger charge is 2.27. The first-order chi connectivity index (χ1) is 8.70. The van der Waals surface area contributed by atoms with E-state index in [1.807, 2.05) is 6.07 Å². The summed E-state index contributed by atoms with van der Waals surface area (Å²) < 4.78 is 26.1. The molecule has 1 aromatic rings. The first kappa shape index (κ1) is 14.5. The van der Waals surface area contributed by atoms with Gasteiger partial charge in [0.25, 0.3) is 0 Å². The number of aliphatic hydroxyl groups is 1. The molecule has 106 valence electrons. The zero-order chi connectivity index (χ0) is 14.3. The van der Waals surface area contributed by atoms with Crippen LogP contribution in [0.2, 0.25) is 0 Å². The fraction of sp³-hybridized carbons (Fsp3) is 0.571. The van der Waals surface area contributed by atoms with Gasteiger partial charge in [0.15, 0.2) is 0 Å². The zero-order valence-corrected chi connectivity index (χ0v) is 12.5. The molecule has 19 heavy (non-hydrogen) atoms. The molecule has 4 nitrogen and oxygen atoms in total. The van der Waals surface area contributed by atoms with Crippen molar-refractivity contribution in [1.82, 2.24) is 4.31 Å². The third-order valence-electron chi connectivity index (χ3n) is 3.39. The molecular formula is C14H21NO3S. The van der Waals surface area contributed by atoms with E-state index in [-0.39, 0.29) is 6.54 Å². The van der Waals surface area contributed by atoms with Gasteiger partial charge in [-0.15, -0.1) is 0 Å². The summed E-state index contributed by atoms with van der Waals surface area (Å²) in [5, 5.41) is 9.75. The van der Waals surface area contributed by atoms with Crippen LogP contribution in [0.1, 0.15) is 31.4 Å². The van der Waals surface area contributed by atoms with Crippen LogP contribution in [0.25, 0.3) is 0 Å². The Labute approximate surface area is 115 Å². The van der Waals surface area contributed by atoms with Crippen molar-refractivity contribution in [3.05, 3.63) is 29.3 Å². The van der Waals surface area contributed by atoms with Crippen molar-refractivity contribution in [2.75, 3.05) is 13.6 Å². The number of fused-ring (bicyclic) bond motifs is 1. The highest BCUT2D eigenvalue weighted by atomic mass is 32.2. The maximum atomic E-state index is 12.4. The minimum Gasteiger partial charge on any atom is -0.389 e. The van der Waals surface area contributed by atoms with Gasteiger partial charge in [-0.2, -0.15) is 4.31 Å². The molecule has 0 saturated heterocycles. The molecule has 0 radical (unpaired) electrons. The van der Waals surface area contributed by atoms with Gasteiger partial charge in [-0.1, -0.05) is 6.07 Å². The van der Waals surface area contributed by atoms with Crippen molar-refractivity contribution in [3.8, 4) is 0 Å². The molecule has 0 unspecified atom stereocenters.